The van der Waals surface area contributed by atoms with Gasteiger partial charge in [0.15, 0.2) is 5.82 Å². The quantitative estimate of drug-likeness (QED) is 0.146. The second-order valence-corrected chi connectivity index (χ2v) is 14.0. The standard InChI is InChI=1S/C34H37ClN6O3S/c35-31-26(21-5-4-20-15-25(16-22(20)14-21)37-17-24-10-11-29(42)39-24)2-1-3-27(31)40-33-32-28(12-13-36-33)45-30(41-32)18-38-23-8-6-19(7-9-23)34(43)44/h1-5,12-14,19,23-25,37-38H,6-11,15-18H2,(H,36,40)(H,39,42)(H,43,44)/t19-,23-,24-,25?/m0/s1. The molecule has 2 atom stereocenters. The maximum atomic E-state index is 11.5. The van der Waals surface area contributed by atoms with Gasteiger partial charge in [-0.2, -0.15) is 0 Å². The zero-order valence-electron chi connectivity index (χ0n) is 24.9. The highest BCUT2D eigenvalue weighted by atomic mass is 35.5. The van der Waals surface area contributed by atoms with Crippen molar-refractivity contribution in [3.05, 3.63) is 69.8 Å². The van der Waals surface area contributed by atoms with Crippen LogP contribution in [0.3, 0.4) is 0 Å². The van der Waals surface area contributed by atoms with Crippen LogP contribution in [0, 0.1) is 5.92 Å². The van der Waals surface area contributed by atoms with E-state index in [4.69, 9.17) is 16.6 Å². The lowest BCUT2D eigenvalue weighted by Crippen LogP contribution is -2.40. The predicted molar refractivity (Wildman–Crippen MR) is 178 cm³/mol. The molecule has 11 heteroatoms. The number of carboxylic acids is 1. The van der Waals surface area contributed by atoms with Crippen molar-refractivity contribution in [3.63, 3.8) is 0 Å². The number of nitrogens with zero attached hydrogens (tertiary/aromatic N) is 2. The van der Waals surface area contributed by atoms with E-state index >= 15 is 0 Å². The molecule has 234 valence electrons. The second-order valence-electron chi connectivity index (χ2n) is 12.5. The van der Waals surface area contributed by atoms with Crippen LogP contribution < -0.4 is 21.3 Å². The van der Waals surface area contributed by atoms with Gasteiger partial charge in [-0.05, 0) is 73.8 Å². The van der Waals surface area contributed by atoms with Gasteiger partial charge in [-0.3, -0.25) is 9.59 Å². The average Bonchev–Trinajstić information content (AvgIpc) is 3.78. The Morgan fingerprint density at radius 2 is 1.87 bits per heavy atom. The molecule has 0 bridgehead atoms. The van der Waals surface area contributed by atoms with Crippen LogP contribution in [-0.4, -0.2) is 51.6 Å². The number of thiazole rings is 1. The Morgan fingerprint density at radius 3 is 2.67 bits per heavy atom. The highest BCUT2D eigenvalue weighted by Crippen LogP contribution is 2.38. The van der Waals surface area contributed by atoms with Crippen LogP contribution in [-0.2, 0) is 29.0 Å². The topological polar surface area (TPSA) is 128 Å². The van der Waals surface area contributed by atoms with Crippen molar-refractivity contribution in [2.75, 3.05) is 11.9 Å². The van der Waals surface area contributed by atoms with Crippen LogP contribution >= 0.6 is 22.9 Å². The molecule has 2 aliphatic carbocycles. The van der Waals surface area contributed by atoms with Crippen molar-refractivity contribution in [2.24, 2.45) is 5.92 Å². The van der Waals surface area contributed by atoms with E-state index < -0.39 is 5.97 Å². The maximum Gasteiger partial charge on any atom is 0.306 e. The van der Waals surface area contributed by atoms with Gasteiger partial charge in [0.25, 0.3) is 0 Å². The minimum atomic E-state index is -0.681. The number of nitrogens with one attached hydrogen (secondary N) is 4. The minimum absolute atomic E-state index is 0.153. The molecule has 5 N–H and O–H groups in total. The molecule has 1 saturated carbocycles. The summed E-state index contributed by atoms with van der Waals surface area (Å²) < 4.78 is 1.04. The summed E-state index contributed by atoms with van der Waals surface area (Å²) >= 11 is 8.67. The number of benzene rings is 2. The molecule has 1 saturated heterocycles. The van der Waals surface area contributed by atoms with E-state index in [9.17, 15) is 14.7 Å². The number of anilines is 2. The molecule has 1 unspecified atom stereocenters. The van der Waals surface area contributed by atoms with E-state index in [0.717, 1.165) is 83.5 Å². The summed E-state index contributed by atoms with van der Waals surface area (Å²) in [5.74, 6) is -0.0790. The van der Waals surface area contributed by atoms with Crippen LogP contribution in [0.5, 0.6) is 0 Å². The number of rotatable bonds is 10. The van der Waals surface area contributed by atoms with Gasteiger partial charge in [-0.25, -0.2) is 9.97 Å². The third kappa shape index (κ3) is 6.70. The Bertz CT molecular complexity index is 1740. The van der Waals surface area contributed by atoms with Crippen molar-refractivity contribution in [3.8, 4) is 11.1 Å². The van der Waals surface area contributed by atoms with Crippen molar-refractivity contribution >= 4 is 56.5 Å². The third-order valence-corrected chi connectivity index (χ3v) is 10.8. The van der Waals surface area contributed by atoms with Crippen molar-refractivity contribution in [1.82, 2.24) is 25.9 Å². The van der Waals surface area contributed by atoms with E-state index in [0.29, 0.717) is 35.9 Å². The highest BCUT2D eigenvalue weighted by Gasteiger charge is 2.27. The number of amides is 1. The first-order valence-corrected chi connectivity index (χ1v) is 17.0. The van der Waals surface area contributed by atoms with Crippen LogP contribution in [0.15, 0.2) is 48.7 Å². The normalized spacial score (nSPS) is 22.8. The molecule has 2 fully saturated rings. The van der Waals surface area contributed by atoms with Gasteiger partial charge < -0.3 is 26.4 Å². The lowest BCUT2D eigenvalue weighted by Gasteiger charge is -2.26. The van der Waals surface area contributed by atoms with Gasteiger partial charge in [-0.15, -0.1) is 11.3 Å². The second kappa shape index (κ2) is 13.0. The van der Waals surface area contributed by atoms with Crippen LogP contribution in [0.25, 0.3) is 21.3 Å². The highest BCUT2D eigenvalue weighted by molar-refractivity contribution is 7.18. The summed E-state index contributed by atoms with van der Waals surface area (Å²) in [7, 11) is 0. The molecule has 2 aromatic heterocycles. The van der Waals surface area contributed by atoms with Crippen LogP contribution in [0.2, 0.25) is 5.02 Å². The summed E-state index contributed by atoms with van der Waals surface area (Å²) in [6.45, 7) is 1.45. The first kappa shape index (κ1) is 30.1. The number of pyridine rings is 1. The Morgan fingerprint density at radius 1 is 1.02 bits per heavy atom. The van der Waals surface area contributed by atoms with Gasteiger partial charge in [0.1, 0.15) is 10.5 Å². The number of fused-ring (bicyclic) bond motifs is 2. The number of aliphatic carboxylic acids is 1. The number of halogens is 1. The Hall–Kier alpha value is -3.57. The molecule has 1 amide bonds. The molecule has 0 spiro atoms. The molecule has 9 nitrogen and oxygen atoms in total. The van der Waals surface area contributed by atoms with E-state index in [-0.39, 0.29) is 17.9 Å². The Balaban J connectivity index is 1.02. The molecule has 0 radical (unpaired) electrons. The van der Waals surface area contributed by atoms with Crippen LogP contribution in [0.1, 0.15) is 54.7 Å². The molecular formula is C34H37ClN6O3S. The lowest BCUT2D eigenvalue weighted by molar-refractivity contribution is -0.142. The fraction of sp³-hybridized carbons (Fsp3) is 0.412. The van der Waals surface area contributed by atoms with E-state index in [2.05, 4.69) is 44.5 Å². The summed E-state index contributed by atoms with van der Waals surface area (Å²) in [6.07, 6.45) is 8.43. The van der Waals surface area contributed by atoms with Gasteiger partial charge in [0.05, 0.1) is 21.3 Å². The van der Waals surface area contributed by atoms with Crippen molar-refractivity contribution in [1.29, 1.82) is 0 Å². The largest absolute Gasteiger partial charge is 0.481 e. The minimum Gasteiger partial charge on any atom is -0.481 e. The maximum absolute atomic E-state index is 11.5. The van der Waals surface area contributed by atoms with E-state index in [1.807, 2.05) is 24.3 Å². The first-order valence-electron chi connectivity index (χ1n) is 15.8. The fourth-order valence-electron chi connectivity index (χ4n) is 6.89. The molecule has 4 aromatic rings. The first-order chi connectivity index (χ1) is 21.9. The number of carboxylic acid groups (broad SMARTS) is 1. The number of carbonyl (C=O) groups excluding carboxylic acids is 1. The van der Waals surface area contributed by atoms with Crippen molar-refractivity contribution < 1.29 is 14.7 Å². The molecular weight excluding hydrogens is 608 g/mol. The Labute approximate surface area is 271 Å². The molecule has 45 heavy (non-hydrogen) atoms. The zero-order valence-corrected chi connectivity index (χ0v) is 26.5. The molecule has 1 aliphatic heterocycles. The van der Waals surface area contributed by atoms with Gasteiger partial charge in [-0.1, -0.05) is 41.9 Å². The summed E-state index contributed by atoms with van der Waals surface area (Å²) in [5.41, 5.74) is 6.31. The molecule has 7 rings (SSSR count). The SMILES string of the molecule is O=C1CC[C@@H](CNC2Cc3ccc(-c4cccc(Nc5nccc6sc(CN[C@H]7CC[C@H](C(=O)O)CC7)nc56)c4Cl)cc3C2)N1. The summed E-state index contributed by atoms with van der Waals surface area (Å²) in [5, 5.41) is 24.6. The summed E-state index contributed by atoms with van der Waals surface area (Å²) in [4.78, 5) is 32.3. The third-order valence-electron chi connectivity index (χ3n) is 9.41. The van der Waals surface area contributed by atoms with Crippen LogP contribution in [0.4, 0.5) is 11.5 Å². The van der Waals surface area contributed by atoms with Gasteiger partial charge in [0.2, 0.25) is 5.91 Å². The number of aromatic nitrogens is 2. The Kier molecular flexibility index (Phi) is 8.72. The molecule has 3 aliphatic rings. The molecule has 2 aromatic carbocycles. The van der Waals surface area contributed by atoms with Crippen molar-refractivity contribution in [2.45, 2.75) is 76.0 Å². The summed E-state index contributed by atoms with van der Waals surface area (Å²) in [6, 6.07) is 15.5. The molecule has 3 heterocycles. The lowest BCUT2D eigenvalue weighted by atomic mass is 9.86. The number of hydrogen-bond acceptors (Lipinski definition) is 8. The average molecular weight is 645 g/mol. The number of carbonyl (C=O) groups is 2. The zero-order chi connectivity index (χ0) is 30.9. The monoisotopic (exact) mass is 644 g/mol. The van der Waals surface area contributed by atoms with E-state index in [1.165, 1.54) is 11.1 Å². The smallest absolute Gasteiger partial charge is 0.306 e. The van der Waals surface area contributed by atoms with E-state index in [1.54, 1.807) is 17.5 Å². The van der Waals surface area contributed by atoms with Gasteiger partial charge in [0, 0.05) is 49.4 Å². The predicted octanol–water partition coefficient (Wildman–Crippen LogP) is 5.82. The fourth-order valence-corrected chi connectivity index (χ4v) is 8.09. The number of hydrogen-bond donors (Lipinski definition) is 5. The van der Waals surface area contributed by atoms with Gasteiger partial charge >= 0.3 is 5.97 Å².